The van der Waals surface area contributed by atoms with Crippen molar-refractivity contribution in [1.29, 1.82) is 0 Å². The van der Waals surface area contributed by atoms with Crippen LogP contribution >= 0.6 is 34.4 Å². The van der Waals surface area contributed by atoms with Gasteiger partial charge in [-0.05, 0) is 53.3 Å². The number of aliphatic hydroxyl groups excluding tert-OH is 1. The molecule has 0 aliphatic heterocycles. The third-order valence-electron chi connectivity index (χ3n) is 2.22. The van der Waals surface area contributed by atoms with Crippen LogP contribution in [0.3, 0.4) is 0 Å². The Morgan fingerprint density at radius 2 is 2.29 bits per heavy atom. The maximum absolute atomic E-state index is 11.7. The van der Waals surface area contributed by atoms with Crippen LogP contribution in [0, 0.1) is 10.5 Å². The molecule has 1 aromatic carbocycles. The van der Waals surface area contributed by atoms with Gasteiger partial charge in [0.25, 0.3) is 0 Å². The Labute approximate surface area is 120 Å². The molecule has 3 nitrogen and oxygen atoms in total. The summed E-state index contributed by atoms with van der Waals surface area (Å²) in [7, 11) is 0. The number of aliphatic hydroxyl groups is 1. The molecule has 0 heterocycles. The van der Waals surface area contributed by atoms with Gasteiger partial charge in [-0.3, -0.25) is 4.79 Å². The first-order chi connectivity index (χ1) is 8.02. The summed E-state index contributed by atoms with van der Waals surface area (Å²) in [6.07, 6.45) is 0. The van der Waals surface area contributed by atoms with Crippen molar-refractivity contribution >= 4 is 45.9 Å². The molecule has 0 aliphatic rings. The Morgan fingerprint density at radius 1 is 1.59 bits per heavy atom. The van der Waals surface area contributed by atoms with Gasteiger partial charge in [-0.2, -0.15) is 0 Å². The number of nitrogens with one attached hydrogen (secondary N) is 1. The fourth-order valence-electron chi connectivity index (χ4n) is 1.22. The maximum atomic E-state index is 11.7. The summed E-state index contributed by atoms with van der Waals surface area (Å²) < 4.78 is 1.15. The molecule has 0 fully saturated rings. The number of rotatable bonds is 5. The number of anilines is 1. The Kier molecular flexibility index (Phi) is 6.29. The first-order valence-electron chi connectivity index (χ1n) is 5.31. The second-order valence-corrected chi connectivity index (χ2v) is 6.48. The molecule has 0 saturated carbocycles. The van der Waals surface area contributed by atoms with Gasteiger partial charge in [0.2, 0.25) is 5.91 Å². The minimum Gasteiger partial charge on any atom is -0.395 e. The van der Waals surface area contributed by atoms with Gasteiger partial charge in [-0.25, -0.2) is 0 Å². The Hall–Kier alpha value is -0.270. The van der Waals surface area contributed by atoms with Crippen molar-refractivity contribution in [3.8, 4) is 0 Å². The fraction of sp³-hybridized carbons (Fsp3) is 0.417. The van der Waals surface area contributed by atoms with Crippen molar-refractivity contribution in [3.05, 3.63) is 27.3 Å². The van der Waals surface area contributed by atoms with Crippen molar-refractivity contribution in [2.75, 3.05) is 17.7 Å². The molecule has 17 heavy (non-hydrogen) atoms. The van der Waals surface area contributed by atoms with Crippen LogP contribution in [-0.4, -0.2) is 28.6 Å². The van der Waals surface area contributed by atoms with E-state index in [0.29, 0.717) is 5.75 Å². The summed E-state index contributed by atoms with van der Waals surface area (Å²) in [4.78, 5) is 11.7. The van der Waals surface area contributed by atoms with Crippen molar-refractivity contribution in [2.24, 2.45) is 0 Å². The fourth-order valence-corrected chi connectivity index (χ4v) is 2.48. The lowest BCUT2D eigenvalue weighted by molar-refractivity contribution is -0.113. The summed E-state index contributed by atoms with van der Waals surface area (Å²) in [6, 6.07) is 5.90. The van der Waals surface area contributed by atoms with E-state index in [4.69, 9.17) is 5.11 Å². The number of hydrogen-bond donors (Lipinski definition) is 2. The molecule has 1 rings (SSSR count). The van der Waals surface area contributed by atoms with Gasteiger partial charge < -0.3 is 10.4 Å². The molecule has 94 valence electrons. The van der Waals surface area contributed by atoms with Gasteiger partial charge >= 0.3 is 0 Å². The minimum absolute atomic E-state index is 0.0281. The predicted molar refractivity (Wildman–Crippen MR) is 81.5 cm³/mol. The molecule has 0 saturated heterocycles. The van der Waals surface area contributed by atoms with E-state index in [1.165, 1.54) is 11.8 Å². The molecule has 1 atom stereocenters. The second kappa shape index (κ2) is 7.23. The minimum atomic E-state index is -0.0281. The monoisotopic (exact) mass is 365 g/mol. The molecular weight excluding hydrogens is 349 g/mol. The van der Waals surface area contributed by atoms with Crippen LogP contribution in [0.4, 0.5) is 5.69 Å². The quantitative estimate of drug-likeness (QED) is 0.789. The van der Waals surface area contributed by atoms with E-state index in [-0.39, 0.29) is 17.8 Å². The van der Waals surface area contributed by atoms with Crippen LogP contribution < -0.4 is 5.32 Å². The number of benzene rings is 1. The lowest BCUT2D eigenvalue weighted by Gasteiger charge is -2.10. The topological polar surface area (TPSA) is 49.3 Å². The lowest BCUT2D eigenvalue weighted by Crippen LogP contribution is -2.17. The Morgan fingerprint density at radius 3 is 2.88 bits per heavy atom. The van der Waals surface area contributed by atoms with Crippen LogP contribution in [0.5, 0.6) is 0 Å². The first kappa shape index (κ1) is 14.8. The normalized spacial score (nSPS) is 12.2. The van der Waals surface area contributed by atoms with Gasteiger partial charge in [0.15, 0.2) is 0 Å². The Bertz CT molecular complexity index is 398. The summed E-state index contributed by atoms with van der Waals surface area (Å²) in [6.45, 7) is 3.97. The highest BCUT2D eigenvalue weighted by molar-refractivity contribution is 14.1. The summed E-state index contributed by atoms with van der Waals surface area (Å²) >= 11 is 3.69. The SMILES string of the molecule is Cc1cc(I)ccc1NC(=O)CSC(C)CO. The van der Waals surface area contributed by atoms with E-state index in [1.54, 1.807) is 0 Å². The third kappa shape index (κ3) is 5.27. The molecule has 2 N–H and O–H groups in total. The molecular formula is C12H16INO2S. The van der Waals surface area contributed by atoms with Crippen molar-refractivity contribution in [2.45, 2.75) is 19.1 Å². The lowest BCUT2D eigenvalue weighted by atomic mass is 10.2. The van der Waals surface area contributed by atoms with Crippen LogP contribution in [0.15, 0.2) is 18.2 Å². The van der Waals surface area contributed by atoms with E-state index in [9.17, 15) is 4.79 Å². The number of aryl methyl sites for hydroxylation is 1. The molecule has 5 heteroatoms. The maximum Gasteiger partial charge on any atom is 0.234 e. The Balaban J connectivity index is 2.50. The van der Waals surface area contributed by atoms with Gasteiger partial charge in [0, 0.05) is 14.5 Å². The van der Waals surface area contributed by atoms with Crippen molar-refractivity contribution < 1.29 is 9.90 Å². The number of carbonyl (C=O) groups is 1. The average Bonchev–Trinajstić information content (AvgIpc) is 2.29. The largest absolute Gasteiger partial charge is 0.395 e. The highest BCUT2D eigenvalue weighted by atomic mass is 127. The highest BCUT2D eigenvalue weighted by Crippen LogP contribution is 2.18. The smallest absolute Gasteiger partial charge is 0.234 e. The summed E-state index contributed by atoms with van der Waals surface area (Å²) in [5.74, 6) is 0.340. The summed E-state index contributed by atoms with van der Waals surface area (Å²) in [5.41, 5.74) is 1.91. The number of hydrogen-bond acceptors (Lipinski definition) is 3. The zero-order valence-corrected chi connectivity index (χ0v) is 12.8. The molecule has 0 aliphatic carbocycles. The van der Waals surface area contributed by atoms with E-state index in [0.717, 1.165) is 14.8 Å². The van der Waals surface area contributed by atoms with Crippen molar-refractivity contribution in [3.63, 3.8) is 0 Å². The number of amides is 1. The number of halogens is 1. The number of carbonyl (C=O) groups excluding carboxylic acids is 1. The van der Waals surface area contributed by atoms with Crippen LogP contribution in [0.25, 0.3) is 0 Å². The van der Waals surface area contributed by atoms with Crippen LogP contribution in [-0.2, 0) is 4.79 Å². The molecule has 0 radical (unpaired) electrons. The van der Waals surface area contributed by atoms with Gasteiger partial charge in [-0.1, -0.05) is 6.92 Å². The average molecular weight is 365 g/mol. The zero-order valence-electron chi connectivity index (χ0n) is 9.87. The number of thioether (sulfide) groups is 1. The van der Waals surface area contributed by atoms with E-state index < -0.39 is 0 Å². The first-order valence-corrected chi connectivity index (χ1v) is 7.44. The zero-order chi connectivity index (χ0) is 12.8. The predicted octanol–water partition coefficient (Wildman–Crippen LogP) is 2.65. The second-order valence-electron chi connectivity index (χ2n) is 3.81. The molecule has 1 aromatic rings. The molecule has 0 spiro atoms. The standard InChI is InChI=1S/C12H16INO2S/c1-8-5-10(13)3-4-11(8)14-12(16)7-17-9(2)6-15/h3-5,9,15H,6-7H2,1-2H3,(H,14,16). The van der Waals surface area contributed by atoms with Gasteiger partial charge in [0.05, 0.1) is 12.4 Å². The van der Waals surface area contributed by atoms with Crippen LogP contribution in [0.2, 0.25) is 0 Å². The van der Waals surface area contributed by atoms with Crippen molar-refractivity contribution in [1.82, 2.24) is 0 Å². The van der Waals surface area contributed by atoms with Gasteiger partial charge in [-0.15, -0.1) is 11.8 Å². The van der Waals surface area contributed by atoms with E-state index in [2.05, 4.69) is 27.9 Å². The van der Waals surface area contributed by atoms with E-state index in [1.807, 2.05) is 32.0 Å². The third-order valence-corrected chi connectivity index (χ3v) is 4.04. The highest BCUT2D eigenvalue weighted by Gasteiger charge is 2.07. The molecule has 0 bridgehead atoms. The molecule has 1 unspecified atom stereocenters. The van der Waals surface area contributed by atoms with Crippen LogP contribution in [0.1, 0.15) is 12.5 Å². The van der Waals surface area contributed by atoms with E-state index >= 15 is 0 Å². The van der Waals surface area contributed by atoms with Gasteiger partial charge in [0.1, 0.15) is 0 Å². The summed E-state index contributed by atoms with van der Waals surface area (Å²) in [5, 5.41) is 11.8. The molecule has 0 aromatic heterocycles. The molecule has 1 amide bonds.